The lowest BCUT2D eigenvalue weighted by Gasteiger charge is -2.39. The summed E-state index contributed by atoms with van der Waals surface area (Å²) in [5.41, 5.74) is 3.44. The molecule has 0 saturated carbocycles. The quantitative estimate of drug-likeness (QED) is 0.733. The van der Waals surface area contributed by atoms with Crippen molar-refractivity contribution < 1.29 is 9.50 Å². The van der Waals surface area contributed by atoms with Crippen LogP contribution < -0.4 is 0 Å². The first kappa shape index (κ1) is 17.8. The van der Waals surface area contributed by atoms with Gasteiger partial charge in [-0.2, -0.15) is 0 Å². The maximum absolute atomic E-state index is 16.0. The number of hydrogen-bond acceptors (Lipinski definition) is 3. The molecule has 0 spiro atoms. The van der Waals surface area contributed by atoms with Crippen LogP contribution in [0.1, 0.15) is 54.3 Å². The lowest BCUT2D eigenvalue weighted by Crippen LogP contribution is -2.42. The van der Waals surface area contributed by atoms with Crippen molar-refractivity contribution in [1.29, 1.82) is 0 Å². The van der Waals surface area contributed by atoms with E-state index in [9.17, 15) is 5.11 Å². The third-order valence-electron chi connectivity index (χ3n) is 6.40. The van der Waals surface area contributed by atoms with Gasteiger partial charge < -0.3 is 9.67 Å². The van der Waals surface area contributed by atoms with E-state index in [0.29, 0.717) is 13.1 Å². The predicted octanol–water partition coefficient (Wildman–Crippen LogP) is 4.41. The molecule has 3 atom stereocenters. The molecule has 5 heteroatoms. The van der Waals surface area contributed by atoms with Crippen molar-refractivity contribution in [2.75, 3.05) is 13.1 Å². The van der Waals surface area contributed by atoms with Crippen LogP contribution in [0.4, 0.5) is 4.39 Å². The van der Waals surface area contributed by atoms with Crippen molar-refractivity contribution in [2.45, 2.75) is 51.0 Å². The van der Waals surface area contributed by atoms with Crippen LogP contribution in [0, 0.1) is 6.92 Å². The number of pyridine rings is 1. The number of hydrogen-bond donors (Lipinski definition) is 1. The number of halogens is 1. The van der Waals surface area contributed by atoms with Crippen molar-refractivity contribution >= 4 is 10.9 Å². The number of nitrogens with zero attached hydrogens (tertiary/aromatic N) is 3. The highest BCUT2D eigenvalue weighted by Gasteiger charge is 2.46. The molecule has 5 rings (SSSR count). The summed E-state index contributed by atoms with van der Waals surface area (Å²) in [6.07, 6.45) is 4.84. The Morgan fingerprint density at radius 2 is 2.07 bits per heavy atom. The van der Waals surface area contributed by atoms with E-state index in [0.717, 1.165) is 47.1 Å². The van der Waals surface area contributed by atoms with Crippen LogP contribution in [0.15, 0.2) is 42.7 Å². The summed E-state index contributed by atoms with van der Waals surface area (Å²) in [5.74, 6) is 0. The van der Waals surface area contributed by atoms with Crippen LogP contribution >= 0.6 is 0 Å². The molecule has 3 unspecified atom stereocenters. The molecule has 2 aliphatic heterocycles. The normalized spacial score (nSPS) is 25.6. The lowest BCUT2D eigenvalue weighted by atomic mass is 9.88. The number of aliphatic hydroxyl groups is 1. The number of alkyl halides is 1. The van der Waals surface area contributed by atoms with Crippen LogP contribution in [0.5, 0.6) is 0 Å². The van der Waals surface area contributed by atoms with E-state index in [1.165, 1.54) is 5.56 Å². The minimum atomic E-state index is -1.44. The third kappa shape index (κ3) is 2.68. The van der Waals surface area contributed by atoms with Crippen molar-refractivity contribution in [3.63, 3.8) is 0 Å². The summed E-state index contributed by atoms with van der Waals surface area (Å²) in [6, 6.07) is 10.3. The second-order valence-corrected chi connectivity index (χ2v) is 8.52. The van der Waals surface area contributed by atoms with Crippen molar-refractivity contribution in [2.24, 2.45) is 0 Å². The Morgan fingerprint density at radius 3 is 2.86 bits per heavy atom. The van der Waals surface area contributed by atoms with Crippen LogP contribution in [0.25, 0.3) is 10.9 Å². The summed E-state index contributed by atoms with van der Waals surface area (Å²) in [6.45, 7) is 5.50. The number of rotatable bonds is 3. The molecule has 28 heavy (non-hydrogen) atoms. The fourth-order valence-electron chi connectivity index (χ4n) is 5.25. The first-order valence-electron chi connectivity index (χ1n) is 10.1. The Morgan fingerprint density at radius 1 is 1.29 bits per heavy atom. The van der Waals surface area contributed by atoms with Crippen LogP contribution in [-0.2, 0) is 12.2 Å². The van der Waals surface area contributed by atoms with Gasteiger partial charge in [-0.15, -0.1) is 0 Å². The van der Waals surface area contributed by atoms with Gasteiger partial charge in [-0.3, -0.25) is 9.88 Å². The third-order valence-corrected chi connectivity index (χ3v) is 6.40. The highest BCUT2D eigenvalue weighted by molar-refractivity contribution is 5.87. The molecule has 0 aliphatic carbocycles. The minimum Gasteiger partial charge on any atom is -0.387 e. The topological polar surface area (TPSA) is 41.3 Å². The SMILES string of the molecule is Cc1ccc2c(c1)c1c(n2CC(O)c2ccncc2)C(C)(F)CN2CCCC12. The molecule has 2 aliphatic rings. The van der Waals surface area contributed by atoms with Gasteiger partial charge in [0.25, 0.3) is 0 Å². The summed E-state index contributed by atoms with van der Waals surface area (Å²) in [5, 5.41) is 12.0. The fourth-order valence-corrected chi connectivity index (χ4v) is 5.25. The highest BCUT2D eigenvalue weighted by atomic mass is 19.1. The molecular weight excluding hydrogens is 353 g/mol. The monoisotopic (exact) mass is 379 g/mol. The van der Waals surface area contributed by atoms with E-state index in [-0.39, 0.29) is 6.04 Å². The van der Waals surface area contributed by atoms with Crippen LogP contribution in [0.3, 0.4) is 0 Å². The minimum absolute atomic E-state index is 0.280. The van der Waals surface area contributed by atoms with Gasteiger partial charge in [-0.05, 0) is 63.1 Å². The molecule has 2 aromatic heterocycles. The largest absolute Gasteiger partial charge is 0.387 e. The van der Waals surface area contributed by atoms with Gasteiger partial charge >= 0.3 is 0 Å². The Hall–Kier alpha value is -2.24. The van der Waals surface area contributed by atoms with Crippen molar-refractivity contribution in [3.05, 3.63) is 65.1 Å². The van der Waals surface area contributed by atoms with Crippen molar-refractivity contribution in [1.82, 2.24) is 14.5 Å². The first-order valence-corrected chi connectivity index (χ1v) is 10.1. The molecule has 4 nitrogen and oxygen atoms in total. The van der Waals surface area contributed by atoms with E-state index in [1.807, 2.05) is 16.7 Å². The van der Waals surface area contributed by atoms with Crippen LogP contribution in [0.2, 0.25) is 0 Å². The van der Waals surface area contributed by atoms with Gasteiger partial charge in [0.05, 0.1) is 18.3 Å². The van der Waals surface area contributed by atoms with E-state index in [1.54, 1.807) is 19.3 Å². The van der Waals surface area contributed by atoms with Gasteiger partial charge in [-0.25, -0.2) is 4.39 Å². The molecular formula is C23H26FN3O. The molecule has 1 saturated heterocycles. The number of aromatic nitrogens is 2. The van der Waals surface area contributed by atoms with Crippen molar-refractivity contribution in [3.8, 4) is 0 Å². The maximum atomic E-state index is 16.0. The summed E-state index contributed by atoms with van der Waals surface area (Å²) < 4.78 is 18.0. The maximum Gasteiger partial charge on any atom is 0.160 e. The Kier molecular flexibility index (Phi) is 4.07. The molecule has 0 bridgehead atoms. The molecule has 146 valence electrons. The molecule has 1 N–H and O–H groups in total. The fraction of sp³-hybridized carbons (Fsp3) is 0.435. The highest BCUT2D eigenvalue weighted by Crippen LogP contribution is 2.49. The van der Waals surface area contributed by atoms with Gasteiger partial charge in [0.1, 0.15) is 0 Å². The second-order valence-electron chi connectivity index (χ2n) is 8.52. The Bertz CT molecular complexity index is 1030. The molecule has 3 aromatic rings. The Balaban J connectivity index is 1.71. The average molecular weight is 379 g/mol. The first-order chi connectivity index (χ1) is 13.5. The van der Waals surface area contributed by atoms with Gasteiger partial charge in [-0.1, -0.05) is 11.6 Å². The smallest absolute Gasteiger partial charge is 0.160 e. The standard InChI is InChI=1S/C23H26FN3O/c1-15-5-6-18-17(12-15)21-19-4-3-11-26(19)14-23(2,24)22(21)27(18)13-20(28)16-7-9-25-10-8-16/h5-10,12,19-20,28H,3-4,11,13-14H2,1-2H3. The van der Waals surface area contributed by atoms with E-state index in [2.05, 4.69) is 35.0 Å². The van der Waals surface area contributed by atoms with Crippen LogP contribution in [-0.4, -0.2) is 32.6 Å². The van der Waals surface area contributed by atoms with Gasteiger partial charge in [0, 0.05) is 41.4 Å². The zero-order chi connectivity index (χ0) is 19.5. The molecule has 0 amide bonds. The van der Waals surface area contributed by atoms with E-state index in [4.69, 9.17) is 0 Å². The average Bonchev–Trinajstić information content (AvgIpc) is 3.24. The zero-order valence-electron chi connectivity index (χ0n) is 16.4. The lowest BCUT2D eigenvalue weighted by molar-refractivity contribution is 0.0672. The molecule has 0 radical (unpaired) electrons. The molecule has 1 fully saturated rings. The second kappa shape index (κ2) is 6.39. The van der Waals surface area contributed by atoms with E-state index >= 15 is 4.39 Å². The molecule has 1 aromatic carbocycles. The number of aryl methyl sites for hydroxylation is 1. The number of aliphatic hydroxyl groups excluding tert-OH is 1. The summed E-state index contributed by atoms with van der Waals surface area (Å²) >= 11 is 0. The summed E-state index contributed by atoms with van der Waals surface area (Å²) in [7, 11) is 0. The predicted molar refractivity (Wildman–Crippen MR) is 108 cm³/mol. The summed E-state index contributed by atoms with van der Waals surface area (Å²) in [4.78, 5) is 6.33. The molecule has 4 heterocycles. The van der Waals surface area contributed by atoms with E-state index < -0.39 is 11.8 Å². The number of fused-ring (bicyclic) bond motifs is 5. The Labute approximate surface area is 164 Å². The zero-order valence-corrected chi connectivity index (χ0v) is 16.4. The van der Waals surface area contributed by atoms with Gasteiger partial charge in [0.2, 0.25) is 0 Å². The van der Waals surface area contributed by atoms with Gasteiger partial charge in [0.15, 0.2) is 5.67 Å². The number of benzene rings is 1.